The van der Waals surface area contributed by atoms with Gasteiger partial charge in [-0.1, -0.05) is 30.3 Å². The SMILES string of the molecule is CNC(=O)c1ccc(CN(C)C(=O)/C=C/c2ccccc2F)cc1. The molecule has 2 aromatic carbocycles. The Morgan fingerprint density at radius 1 is 1.12 bits per heavy atom. The van der Waals surface area contributed by atoms with Crippen molar-refractivity contribution in [1.82, 2.24) is 10.2 Å². The van der Waals surface area contributed by atoms with Crippen molar-refractivity contribution >= 4 is 17.9 Å². The van der Waals surface area contributed by atoms with Crippen molar-refractivity contribution in [3.8, 4) is 0 Å². The van der Waals surface area contributed by atoms with Gasteiger partial charge in [-0.3, -0.25) is 9.59 Å². The number of likely N-dealkylation sites (N-methyl/N-ethyl adjacent to an activating group) is 1. The minimum absolute atomic E-state index is 0.154. The molecule has 0 atom stereocenters. The summed E-state index contributed by atoms with van der Waals surface area (Å²) in [6.45, 7) is 0.397. The Morgan fingerprint density at radius 3 is 2.42 bits per heavy atom. The van der Waals surface area contributed by atoms with Crippen molar-refractivity contribution in [2.45, 2.75) is 6.54 Å². The molecule has 2 aromatic rings. The second kappa shape index (κ2) is 8.06. The third-order valence-electron chi connectivity index (χ3n) is 3.55. The summed E-state index contributed by atoms with van der Waals surface area (Å²) >= 11 is 0. The van der Waals surface area contributed by atoms with Crippen LogP contribution >= 0.6 is 0 Å². The number of nitrogens with zero attached hydrogens (tertiary/aromatic N) is 1. The standard InChI is InChI=1S/C19H19FN2O2/c1-21-19(24)16-9-7-14(8-10-16)13-22(2)18(23)12-11-15-5-3-4-6-17(15)20/h3-12H,13H2,1-2H3,(H,21,24)/b12-11+. The summed E-state index contributed by atoms with van der Waals surface area (Å²) in [5.74, 6) is -0.749. The Hall–Kier alpha value is -2.95. The summed E-state index contributed by atoms with van der Waals surface area (Å²) in [5, 5.41) is 2.55. The summed E-state index contributed by atoms with van der Waals surface area (Å²) in [6, 6.07) is 13.3. The number of benzene rings is 2. The highest BCUT2D eigenvalue weighted by molar-refractivity contribution is 5.94. The van der Waals surface area contributed by atoms with Gasteiger partial charge in [-0.15, -0.1) is 0 Å². The lowest BCUT2D eigenvalue weighted by atomic mass is 10.1. The Kier molecular flexibility index (Phi) is 5.84. The fourth-order valence-electron chi connectivity index (χ4n) is 2.16. The molecule has 24 heavy (non-hydrogen) atoms. The van der Waals surface area contributed by atoms with E-state index in [0.29, 0.717) is 17.7 Å². The average molecular weight is 326 g/mol. The fourth-order valence-corrected chi connectivity index (χ4v) is 2.16. The van der Waals surface area contributed by atoms with E-state index in [1.54, 1.807) is 56.6 Å². The van der Waals surface area contributed by atoms with Crippen LogP contribution in [0.1, 0.15) is 21.5 Å². The third kappa shape index (κ3) is 4.52. The molecule has 0 bridgehead atoms. The Bertz CT molecular complexity index is 754. The lowest BCUT2D eigenvalue weighted by Crippen LogP contribution is -2.24. The van der Waals surface area contributed by atoms with E-state index in [9.17, 15) is 14.0 Å². The summed E-state index contributed by atoms with van der Waals surface area (Å²) in [6.07, 6.45) is 2.81. The maximum absolute atomic E-state index is 13.5. The molecular formula is C19H19FN2O2. The van der Waals surface area contributed by atoms with Crippen LogP contribution in [0.4, 0.5) is 4.39 Å². The van der Waals surface area contributed by atoms with Gasteiger partial charge in [-0.2, -0.15) is 0 Å². The van der Waals surface area contributed by atoms with Gasteiger partial charge in [0.05, 0.1) is 0 Å². The maximum atomic E-state index is 13.5. The molecule has 0 aliphatic heterocycles. The maximum Gasteiger partial charge on any atom is 0.251 e. The van der Waals surface area contributed by atoms with E-state index < -0.39 is 0 Å². The highest BCUT2D eigenvalue weighted by Gasteiger charge is 2.08. The van der Waals surface area contributed by atoms with Gasteiger partial charge in [0.1, 0.15) is 5.82 Å². The van der Waals surface area contributed by atoms with Crippen LogP contribution in [0.15, 0.2) is 54.6 Å². The first-order valence-electron chi connectivity index (χ1n) is 7.50. The number of nitrogens with one attached hydrogen (secondary N) is 1. The molecule has 1 N–H and O–H groups in total. The van der Waals surface area contributed by atoms with Crippen LogP contribution in [-0.2, 0) is 11.3 Å². The topological polar surface area (TPSA) is 49.4 Å². The lowest BCUT2D eigenvalue weighted by molar-refractivity contribution is -0.125. The Balaban J connectivity index is 1.99. The Labute approximate surface area is 140 Å². The number of rotatable bonds is 5. The molecular weight excluding hydrogens is 307 g/mol. The molecule has 2 rings (SSSR count). The van der Waals surface area contributed by atoms with E-state index in [1.165, 1.54) is 23.1 Å². The number of carbonyl (C=O) groups is 2. The lowest BCUT2D eigenvalue weighted by Gasteiger charge is -2.15. The molecule has 0 saturated carbocycles. The molecule has 0 heterocycles. The van der Waals surface area contributed by atoms with Gasteiger partial charge < -0.3 is 10.2 Å². The smallest absolute Gasteiger partial charge is 0.251 e. The quantitative estimate of drug-likeness (QED) is 0.859. The summed E-state index contributed by atoms with van der Waals surface area (Å²) in [5.41, 5.74) is 1.83. The van der Waals surface area contributed by atoms with Crippen LogP contribution in [-0.4, -0.2) is 30.8 Å². The number of amides is 2. The normalized spacial score (nSPS) is 10.6. The van der Waals surface area contributed by atoms with Crippen LogP contribution in [0.5, 0.6) is 0 Å². The first-order valence-corrected chi connectivity index (χ1v) is 7.50. The molecule has 5 heteroatoms. The van der Waals surface area contributed by atoms with E-state index in [0.717, 1.165) is 5.56 Å². The van der Waals surface area contributed by atoms with Crippen LogP contribution in [0.3, 0.4) is 0 Å². The molecule has 0 saturated heterocycles. The van der Waals surface area contributed by atoms with Gasteiger partial charge in [0.2, 0.25) is 5.91 Å². The van der Waals surface area contributed by atoms with Gasteiger partial charge in [-0.25, -0.2) is 4.39 Å². The number of hydrogen-bond donors (Lipinski definition) is 1. The molecule has 0 aromatic heterocycles. The molecule has 0 aliphatic carbocycles. The fraction of sp³-hybridized carbons (Fsp3) is 0.158. The number of carbonyl (C=O) groups excluding carboxylic acids is 2. The summed E-state index contributed by atoms with van der Waals surface area (Å²) in [4.78, 5) is 25.1. The summed E-state index contributed by atoms with van der Waals surface area (Å²) in [7, 11) is 3.24. The van der Waals surface area contributed by atoms with Crippen molar-refractivity contribution in [3.63, 3.8) is 0 Å². The van der Waals surface area contributed by atoms with Crippen LogP contribution in [0.2, 0.25) is 0 Å². The summed E-state index contributed by atoms with van der Waals surface area (Å²) < 4.78 is 13.5. The van der Waals surface area contributed by atoms with E-state index in [4.69, 9.17) is 0 Å². The van der Waals surface area contributed by atoms with Crippen molar-refractivity contribution in [2.75, 3.05) is 14.1 Å². The van der Waals surface area contributed by atoms with Crippen molar-refractivity contribution in [3.05, 3.63) is 77.1 Å². The first-order chi connectivity index (χ1) is 11.5. The van der Waals surface area contributed by atoms with E-state index in [2.05, 4.69) is 5.32 Å². The van der Waals surface area contributed by atoms with Crippen LogP contribution < -0.4 is 5.32 Å². The highest BCUT2D eigenvalue weighted by atomic mass is 19.1. The predicted molar refractivity (Wildman–Crippen MR) is 91.7 cm³/mol. The average Bonchev–Trinajstić information content (AvgIpc) is 2.60. The van der Waals surface area contributed by atoms with Gasteiger partial charge in [-0.05, 0) is 29.8 Å². The molecule has 0 fully saturated rings. The zero-order chi connectivity index (χ0) is 17.5. The molecule has 0 spiro atoms. The molecule has 2 amide bonds. The van der Waals surface area contributed by atoms with Crippen molar-refractivity contribution in [1.29, 1.82) is 0 Å². The van der Waals surface area contributed by atoms with Gasteiger partial charge in [0.25, 0.3) is 5.91 Å². The molecule has 0 unspecified atom stereocenters. The minimum Gasteiger partial charge on any atom is -0.355 e. The first kappa shape index (κ1) is 17.4. The zero-order valence-corrected chi connectivity index (χ0v) is 13.6. The third-order valence-corrected chi connectivity index (χ3v) is 3.55. The van der Waals surface area contributed by atoms with E-state index in [1.807, 2.05) is 0 Å². The second-order valence-electron chi connectivity index (χ2n) is 5.33. The number of hydrogen-bond acceptors (Lipinski definition) is 2. The zero-order valence-electron chi connectivity index (χ0n) is 13.6. The molecule has 0 aliphatic rings. The Morgan fingerprint density at radius 2 is 1.79 bits per heavy atom. The minimum atomic E-state index is -0.367. The van der Waals surface area contributed by atoms with E-state index >= 15 is 0 Å². The second-order valence-corrected chi connectivity index (χ2v) is 5.33. The molecule has 4 nitrogen and oxygen atoms in total. The largest absolute Gasteiger partial charge is 0.355 e. The van der Waals surface area contributed by atoms with Gasteiger partial charge in [0.15, 0.2) is 0 Å². The van der Waals surface area contributed by atoms with Crippen LogP contribution in [0, 0.1) is 5.82 Å². The molecule has 0 radical (unpaired) electrons. The highest BCUT2D eigenvalue weighted by Crippen LogP contribution is 2.10. The van der Waals surface area contributed by atoms with E-state index in [-0.39, 0.29) is 17.6 Å². The monoisotopic (exact) mass is 326 g/mol. The predicted octanol–water partition coefficient (Wildman–Crippen LogP) is 2.86. The number of halogens is 1. The van der Waals surface area contributed by atoms with Crippen molar-refractivity contribution in [2.24, 2.45) is 0 Å². The van der Waals surface area contributed by atoms with Crippen LogP contribution in [0.25, 0.3) is 6.08 Å². The molecule has 124 valence electrons. The van der Waals surface area contributed by atoms with Gasteiger partial charge in [0, 0.05) is 37.8 Å². The van der Waals surface area contributed by atoms with Crippen molar-refractivity contribution < 1.29 is 14.0 Å². The van der Waals surface area contributed by atoms with Gasteiger partial charge >= 0.3 is 0 Å².